The molecule has 1 N–H and O–H groups in total. The van der Waals surface area contributed by atoms with E-state index in [0.717, 1.165) is 19.4 Å². The minimum absolute atomic E-state index is 0.528. The van der Waals surface area contributed by atoms with Crippen molar-refractivity contribution in [1.82, 2.24) is 10.3 Å². The predicted octanol–water partition coefficient (Wildman–Crippen LogP) is 4.00. The Balaban J connectivity index is 1.91. The summed E-state index contributed by atoms with van der Waals surface area (Å²) in [6.45, 7) is 5.50. The van der Waals surface area contributed by atoms with Crippen molar-refractivity contribution in [2.75, 3.05) is 6.54 Å². The summed E-state index contributed by atoms with van der Waals surface area (Å²) >= 11 is 1.76. The van der Waals surface area contributed by atoms with Gasteiger partial charge in [-0.2, -0.15) is 0 Å². The van der Waals surface area contributed by atoms with Gasteiger partial charge in [-0.15, -0.1) is 11.3 Å². The molecule has 0 saturated heterocycles. The van der Waals surface area contributed by atoms with Gasteiger partial charge in [-0.05, 0) is 43.9 Å². The fourth-order valence-corrected chi connectivity index (χ4v) is 3.11. The monoisotopic (exact) mass is 288 g/mol. The van der Waals surface area contributed by atoms with Crippen molar-refractivity contribution in [3.63, 3.8) is 0 Å². The van der Waals surface area contributed by atoms with E-state index >= 15 is 0 Å². The molecular weight excluding hydrogens is 264 g/mol. The normalized spacial score (nSPS) is 12.5. The zero-order valence-corrected chi connectivity index (χ0v) is 13.2. The zero-order valence-electron chi connectivity index (χ0n) is 12.4. The fraction of sp³-hybridized carbons (Fsp3) is 0.471. The van der Waals surface area contributed by atoms with Crippen LogP contribution in [0, 0.1) is 6.92 Å². The molecule has 0 radical (unpaired) electrons. The summed E-state index contributed by atoms with van der Waals surface area (Å²) in [7, 11) is 0. The number of nitrogens with one attached hydrogen (secondary N) is 1. The molecule has 0 saturated carbocycles. The highest BCUT2D eigenvalue weighted by atomic mass is 32.1. The molecule has 0 bridgehead atoms. The zero-order chi connectivity index (χ0) is 14.2. The molecule has 3 heteroatoms. The van der Waals surface area contributed by atoms with Crippen LogP contribution in [0.3, 0.4) is 0 Å². The first-order valence-corrected chi connectivity index (χ1v) is 8.33. The first-order valence-electron chi connectivity index (χ1n) is 7.46. The molecule has 0 fully saturated rings. The summed E-state index contributed by atoms with van der Waals surface area (Å²) in [5.74, 6) is 0. The van der Waals surface area contributed by atoms with E-state index in [0.29, 0.717) is 6.04 Å². The molecule has 0 amide bonds. The second-order valence-electron chi connectivity index (χ2n) is 5.25. The van der Waals surface area contributed by atoms with E-state index in [1.807, 2.05) is 6.20 Å². The Hall–Kier alpha value is -1.19. The molecule has 108 valence electrons. The number of aryl methyl sites for hydroxylation is 2. The summed E-state index contributed by atoms with van der Waals surface area (Å²) in [4.78, 5) is 4.42. The van der Waals surface area contributed by atoms with E-state index in [2.05, 4.69) is 53.8 Å². The van der Waals surface area contributed by atoms with Gasteiger partial charge in [0.05, 0.1) is 5.01 Å². The van der Waals surface area contributed by atoms with Crippen LogP contribution in [0.5, 0.6) is 0 Å². The molecule has 1 aromatic heterocycles. The van der Waals surface area contributed by atoms with Crippen molar-refractivity contribution < 1.29 is 0 Å². The van der Waals surface area contributed by atoms with Crippen LogP contribution in [0.4, 0.5) is 0 Å². The number of benzene rings is 1. The Bertz CT molecular complexity index is 493. The summed E-state index contributed by atoms with van der Waals surface area (Å²) in [6.07, 6.45) is 6.43. The third-order valence-corrected chi connectivity index (χ3v) is 4.41. The van der Waals surface area contributed by atoms with Crippen LogP contribution in [-0.2, 0) is 12.8 Å². The Morgan fingerprint density at radius 3 is 2.85 bits per heavy atom. The summed E-state index contributed by atoms with van der Waals surface area (Å²) in [5, 5.41) is 6.97. The molecule has 1 aromatic carbocycles. The van der Waals surface area contributed by atoms with Crippen LogP contribution in [0.1, 0.15) is 35.9 Å². The van der Waals surface area contributed by atoms with Crippen molar-refractivity contribution in [2.24, 2.45) is 0 Å². The lowest BCUT2D eigenvalue weighted by Gasteiger charge is -2.18. The predicted molar refractivity (Wildman–Crippen MR) is 87.4 cm³/mol. The molecule has 1 atom stereocenters. The highest BCUT2D eigenvalue weighted by Crippen LogP contribution is 2.14. The van der Waals surface area contributed by atoms with Crippen molar-refractivity contribution in [3.05, 3.63) is 52.0 Å². The third kappa shape index (κ3) is 4.73. The highest BCUT2D eigenvalue weighted by molar-refractivity contribution is 7.09. The first kappa shape index (κ1) is 15.2. The van der Waals surface area contributed by atoms with Crippen LogP contribution in [-0.4, -0.2) is 17.6 Å². The van der Waals surface area contributed by atoms with Gasteiger partial charge in [-0.3, -0.25) is 0 Å². The van der Waals surface area contributed by atoms with Crippen molar-refractivity contribution in [2.45, 2.75) is 45.6 Å². The summed E-state index contributed by atoms with van der Waals surface area (Å²) < 4.78 is 0. The van der Waals surface area contributed by atoms with Crippen LogP contribution in [0.25, 0.3) is 0 Å². The molecular formula is C17H24N2S. The van der Waals surface area contributed by atoms with Crippen molar-refractivity contribution >= 4 is 11.3 Å². The lowest BCUT2D eigenvalue weighted by molar-refractivity contribution is 0.476. The van der Waals surface area contributed by atoms with Gasteiger partial charge < -0.3 is 5.32 Å². The minimum atomic E-state index is 0.528. The molecule has 0 aliphatic carbocycles. The molecule has 2 rings (SSSR count). The lowest BCUT2D eigenvalue weighted by atomic mass is 9.99. The molecule has 20 heavy (non-hydrogen) atoms. The first-order chi connectivity index (χ1) is 9.79. The number of rotatable bonds is 8. The van der Waals surface area contributed by atoms with Gasteiger partial charge in [0.1, 0.15) is 0 Å². The number of thiazole rings is 1. The average Bonchev–Trinajstić information content (AvgIpc) is 2.96. The Labute approximate surface area is 126 Å². The van der Waals surface area contributed by atoms with Gasteiger partial charge in [0.15, 0.2) is 0 Å². The second-order valence-corrected chi connectivity index (χ2v) is 6.23. The smallest absolute Gasteiger partial charge is 0.0940 e. The second kappa shape index (κ2) is 8.18. The molecule has 1 unspecified atom stereocenters. The Morgan fingerprint density at radius 2 is 2.15 bits per heavy atom. The Kier molecular flexibility index (Phi) is 6.22. The van der Waals surface area contributed by atoms with Gasteiger partial charge in [-0.25, -0.2) is 4.98 Å². The number of nitrogens with zero attached hydrogens (tertiary/aromatic N) is 1. The van der Waals surface area contributed by atoms with Crippen molar-refractivity contribution in [1.29, 1.82) is 0 Å². The van der Waals surface area contributed by atoms with Crippen LogP contribution < -0.4 is 5.32 Å². The molecule has 0 aliphatic rings. The van der Waals surface area contributed by atoms with Gasteiger partial charge in [0.2, 0.25) is 0 Å². The number of hydrogen-bond donors (Lipinski definition) is 1. The molecule has 1 heterocycles. The SMILES string of the molecule is CCCNC(CCc1ccccc1C)Cc1nccs1. The van der Waals surface area contributed by atoms with E-state index in [1.54, 1.807) is 11.3 Å². The maximum Gasteiger partial charge on any atom is 0.0940 e. The van der Waals surface area contributed by atoms with Crippen LogP contribution in [0.2, 0.25) is 0 Å². The largest absolute Gasteiger partial charge is 0.314 e. The van der Waals surface area contributed by atoms with Gasteiger partial charge in [0, 0.05) is 24.0 Å². The van der Waals surface area contributed by atoms with E-state index in [9.17, 15) is 0 Å². The quantitative estimate of drug-likeness (QED) is 0.794. The minimum Gasteiger partial charge on any atom is -0.314 e. The highest BCUT2D eigenvalue weighted by Gasteiger charge is 2.11. The fourth-order valence-electron chi connectivity index (χ4n) is 2.41. The van der Waals surface area contributed by atoms with Crippen molar-refractivity contribution in [3.8, 4) is 0 Å². The van der Waals surface area contributed by atoms with Gasteiger partial charge >= 0.3 is 0 Å². The summed E-state index contributed by atoms with van der Waals surface area (Å²) in [6, 6.07) is 9.22. The summed E-state index contributed by atoms with van der Waals surface area (Å²) in [5.41, 5.74) is 2.87. The molecule has 2 aromatic rings. The van der Waals surface area contributed by atoms with Gasteiger partial charge in [-0.1, -0.05) is 31.2 Å². The molecule has 0 spiro atoms. The van der Waals surface area contributed by atoms with Crippen LogP contribution in [0.15, 0.2) is 35.8 Å². The number of hydrogen-bond acceptors (Lipinski definition) is 3. The van der Waals surface area contributed by atoms with E-state index in [1.165, 1.54) is 29.0 Å². The number of aromatic nitrogens is 1. The topological polar surface area (TPSA) is 24.9 Å². The van der Waals surface area contributed by atoms with Crippen LogP contribution >= 0.6 is 11.3 Å². The average molecular weight is 288 g/mol. The Morgan fingerprint density at radius 1 is 1.30 bits per heavy atom. The molecule has 0 aliphatic heterocycles. The van der Waals surface area contributed by atoms with E-state index in [4.69, 9.17) is 0 Å². The maximum atomic E-state index is 4.42. The third-order valence-electron chi connectivity index (χ3n) is 3.61. The lowest BCUT2D eigenvalue weighted by Crippen LogP contribution is -2.32. The molecule has 2 nitrogen and oxygen atoms in total. The maximum absolute atomic E-state index is 4.42. The van der Waals surface area contributed by atoms with Gasteiger partial charge in [0.25, 0.3) is 0 Å². The van der Waals surface area contributed by atoms with E-state index in [-0.39, 0.29) is 0 Å². The van der Waals surface area contributed by atoms with E-state index < -0.39 is 0 Å². The standard InChI is InChI=1S/C17H24N2S/c1-3-10-18-16(13-17-19-11-12-20-17)9-8-15-7-5-4-6-14(15)2/h4-7,11-12,16,18H,3,8-10,13H2,1-2H3.